The van der Waals surface area contributed by atoms with E-state index < -0.39 is 23.0 Å². The summed E-state index contributed by atoms with van der Waals surface area (Å²) in [5, 5.41) is 30.0. The Balaban J connectivity index is 2.88. The highest BCUT2D eigenvalue weighted by Gasteiger charge is 2.29. The molecule has 1 heterocycles. The molecular formula is C19H17N3O7. The molecule has 0 radical (unpaired) electrons. The number of nitriles is 1. The number of non-ortho nitro benzene ring substituents is 1. The zero-order chi connectivity index (χ0) is 21.7. The van der Waals surface area contributed by atoms with Crippen LogP contribution in [0.4, 0.5) is 5.69 Å². The van der Waals surface area contributed by atoms with Gasteiger partial charge in [0.05, 0.1) is 29.4 Å². The normalized spacial score (nSPS) is 11.3. The molecule has 0 saturated carbocycles. The molecule has 2 rings (SSSR count). The Hall–Kier alpha value is -3.84. The first-order chi connectivity index (χ1) is 13.7. The zero-order valence-electron chi connectivity index (χ0n) is 15.8. The van der Waals surface area contributed by atoms with E-state index in [4.69, 9.17) is 9.47 Å². The van der Waals surface area contributed by atoms with E-state index in [1.165, 1.54) is 32.0 Å². The van der Waals surface area contributed by atoms with Gasteiger partial charge in [-0.15, -0.1) is 0 Å². The van der Waals surface area contributed by atoms with Crippen LogP contribution in [0.5, 0.6) is 0 Å². The van der Waals surface area contributed by atoms with Gasteiger partial charge in [-0.1, -0.05) is 12.1 Å². The van der Waals surface area contributed by atoms with Crippen LogP contribution in [-0.2, 0) is 9.47 Å². The molecule has 0 saturated heterocycles. The summed E-state index contributed by atoms with van der Waals surface area (Å²) < 4.78 is 9.79. The Kier molecular flexibility index (Phi) is 6.59. The fourth-order valence-electron chi connectivity index (χ4n) is 2.67. The number of nitro benzene ring substituents is 1. The molecule has 1 aromatic heterocycles. The molecule has 1 N–H and O–H groups in total. The maximum absolute atomic E-state index is 12.7. The number of carbonyl (C=O) groups is 2. The number of aliphatic hydroxyl groups excluding tert-OH is 1. The lowest BCUT2D eigenvalue weighted by Gasteiger charge is -2.17. The number of carbonyl (C=O) groups excluding carboxylic acids is 2. The van der Waals surface area contributed by atoms with Gasteiger partial charge < -0.3 is 14.6 Å². The molecule has 0 aliphatic rings. The Morgan fingerprint density at radius 3 is 2.59 bits per heavy atom. The quantitative estimate of drug-likeness (QED) is 0.437. The number of pyridine rings is 1. The lowest BCUT2D eigenvalue weighted by Crippen LogP contribution is -2.20. The number of rotatable bonds is 6. The Morgan fingerprint density at radius 2 is 2.03 bits per heavy atom. The summed E-state index contributed by atoms with van der Waals surface area (Å²) >= 11 is 0. The summed E-state index contributed by atoms with van der Waals surface area (Å²) in [6.07, 6.45) is -0.938. The van der Waals surface area contributed by atoms with Gasteiger partial charge in [-0.25, -0.2) is 14.6 Å². The molecule has 150 valence electrons. The first-order valence-corrected chi connectivity index (χ1v) is 8.34. The van der Waals surface area contributed by atoms with E-state index >= 15 is 0 Å². The number of nitrogens with zero attached hydrogens (tertiary/aromatic N) is 3. The number of hydrogen-bond acceptors (Lipinski definition) is 9. The standard InChI is InChI=1S/C19H17N3O7/c1-10(23)9-29-19(25)15-11(2)21-14(8-20)17(18(24)28-3)16(15)12-5-4-6-13(7-12)22(26)27/h4-7,10,23H,9H2,1-3H3. The number of nitro groups is 1. The van der Waals surface area contributed by atoms with Crippen molar-refractivity contribution >= 4 is 17.6 Å². The summed E-state index contributed by atoms with van der Waals surface area (Å²) in [6.45, 7) is 2.53. The number of ether oxygens (including phenoxy) is 2. The van der Waals surface area contributed by atoms with E-state index in [-0.39, 0.29) is 45.9 Å². The van der Waals surface area contributed by atoms with Gasteiger partial charge >= 0.3 is 11.9 Å². The second-order valence-corrected chi connectivity index (χ2v) is 6.03. The summed E-state index contributed by atoms with van der Waals surface area (Å²) in [5.74, 6) is -1.85. The van der Waals surface area contributed by atoms with Crippen LogP contribution in [0, 0.1) is 28.4 Å². The highest BCUT2D eigenvalue weighted by molar-refractivity contribution is 6.07. The molecule has 1 unspecified atom stereocenters. The molecule has 0 aliphatic carbocycles. The Bertz CT molecular complexity index is 1030. The molecule has 0 bridgehead atoms. The van der Waals surface area contributed by atoms with Gasteiger partial charge in [0, 0.05) is 17.7 Å². The molecule has 0 amide bonds. The molecule has 0 aliphatic heterocycles. The van der Waals surface area contributed by atoms with Crippen LogP contribution in [-0.4, -0.2) is 46.8 Å². The molecule has 10 heteroatoms. The van der Waals surface area contributed by atoms with Gasteiger partial charge in [0.1, 0.15) is 18.2 Å². The summed E-state index contributed by atoms with van der Waals surface area (Å²) in [6, 6.07) is 7.00. The topological polar surface area (TPSA) is 153 Å². The first-order valence-electron chi connectivity index (χ1n) is 8.34. The number of esters is 2. The van der Waals surface area contributed by atoms with Crippen molar-refractivity contribution in [2.24, 2.45) is 0 Å². The SMILES string of the molecule is COC(=O)c1c(C#N)nc(C)c(C(=O)OCC(C)O)c1-c1cccc([N+](=O)[O-])c1. The van der Waals surface area contributed by atoms with Gasteiger partial charge in [0.15, 0.2) is 5.69 Å². The lowest BCUT2D eigenvalue weighted by atomic mass is 9.92. The maximum atomic E-state index is 12.7. The predicted octanol–water partition coefficient (Wildman–Crippen LogP) is 2.16. The minimum atomic E-state index is -0.944. The second kappa shape index (κ2) is 8.90. The minimum Gasteiger partial charge on any atom is -0.465 e. The highest BCUT2D eigenvalue weighted by Crippen LogP contribution is 2.34. The maximum Gasteiger partial charge on any atom is 0.341 e. The number of methoxy groups -OCH3 is 1. The Morgan fingerprint density at radius 1 is 1.34 bits per heavy atom. The van der Waals surface area contributed by atoms with Gasteiger partial charge in [0.25, 0.3) is 5.69 Å². The molecule has 2 aromatic rings. The van der Waals surface area contributed by atoms with Gasteiger partial charge in [-0.2, -0.15) is 5.26 Å². The van der Waals surface area contributed by atoms with Crippen molar-refractivity contribution in [2.75, 3.05) is 13.7 Å². The lowest BCUT2D eigenvalue weighted by molar-refractivity contribution is -0.384. The Labute approximate surface area is 165 Å². The van der Waals surface area contributed by atoms with Crippen LogP contribution in [0.3, 0.4) is 0 Å². The molecule has 1 atom stereocenters. The molecule has 1 aromatic carbocycles. The fraction of sp³-hybridized carbons (Fsp3) is 0.263. The minimum absolute atomic E-state index is 0.0693. The number of aryl methyl sites for hydroxylation is 1. The van der Waals surface area contributed by atoms with Crippen molar-refractivity contribution in [3.05, 3.63) is 56.9 Å². The van der Waals surface area contributed by atoms with Crippen molar-refractivity contribution in [2.45, 2.75) is 20.0 Å². The average Bonchev–Trinajstić information content (AvgIpc) is 2.70. The highest BCUT2D eigenvalue weighted by atomic mass is 16.6. The van der Waals surface area contributed by atoms with Crippen LogP contribution in [0.25, 0.3) is 11.1 Å². The third kappa shape index (κ3) is 4.53. The number of aromatic nitrogens is 1. The number of hydrogen-bond donors (Lipinski definition) is 1. The van der Waals surface area contributed by atoms with Crippen LogP contribution in [0.15, 0.2) is 24.3 Å². The van der Waals surface area contributed by atoms with E-state index in [2.05, 4.69) is 4.98 Å². The fourth-order valence-corrected chi connectivity index (χ4v) is 2.67. The van der Waals surface area contributed by atoms with E-state index in [1.54, 1.807) is 6.07 Å². The zero-order valence-corrected chi connectivity index (χ0v) is 15.8. The predicted molar refractivity (Wildman–Crippen MR) is 99.1 cm³/mol. The number of benzene rings is 1. The first kappa shape index (κ1) is 21.5. The summed E-state index contributed by atoms with van der Waals surface area (Å²) in [7, 11) is 1.09. The second-order valence-electron chi connectivity index (χ2n) is 6.03. The number of aliphatic hydroxyl groups is 1. The van der Waals surface area contributed by atoms with Crippen molar-refractivity contribution in [3.63, 3.8) is 0 Å². The molecule has 10 nitrogen and oxygen atoms in total. The van der Waals surface area contributed by atoms with Crippen LogP contribution >= 0.6 is 0 Å². The van der Waals surface area contributed by atoms with Crippen molar-refractivity contribution in [1.82, 2.24) is 4.98 Å². The van der Waals surface area contributed by atoms with E-state index in [0.29, 0.717) is 0 Å². The molecule has 0 spiro atoms. The van der Waals surface area contributed by atoms with Crippen LogP contribution in [0.1, 0.15) is 39.0 Å². The van der Waals surface area contributed by atoms with Crippen molar-refractivity contribution < 1.29 is 29.1 Å². The van der Waals surface area contributed by atoms with E-state index in [9.17, 15) is 30.1 Å². The third-order valence-electron chi connectivity index (χ3n) is 3.88. The van der Waals surface area contributed by atoms with Crippen molar-refractivity contribution in [1.29, 1.82) is 5.26 Å². The molecule has 0 fully saturated rings. The van der Waals surface area contributed by atoms with Gasteiger partial charge in [-0.3, -0.25) is 10.1 Å². The molecule has 29 heavy (non-hydrogen) atoms. The van der Waals surface area contributed by atoms with Crippen LogP contribution < -0.4 is 0 Å². The average molecular weight is 399 g/mol. The summed E-state index contributed by atoms with van der Waals surface area (Å²) in [4.78, 5) is 39.7. The van der Waals surface area contributed by atoms with E-state index in [0.717, 1.165) is 13.2 Å². The van der Waals surface area contributed by atoms with Crippen LogP contribution in [0.2, 0.25) is 0 Å². The summed E-state index contributed by atoms with van der Waals surface area (Å²) in [5.41, 5.74) is -0.926. The monoisotopic (exact) mass is 399 g/mol. The van der Waals surface area contributed by atoms with Gasteiger partial charge in [-0.05, 0) is 19.4 Å². The van der Waals surface area contributed by atoms with Gasteiger partial charge in [0.2, 0.25) is 0 Å². The third-order valence-corrected chi connectivity index (χ3v) is 3.88. The largest absolute Gasteiger partial charge is 0.465 e. The van der Waals surface area contributed by atoms with Crippen molar-refractivity contribution in [3.8, 4) is 17.2 Å². The molecular weight excluding hydrogens is 382 g/mol. The van der Waals surface area contributed by atoms with E-state index in [1.807, 2.05) is 0 Å². The smallest absolute Gasteiger partial charge is 0.341 e.